The molecule has 0 bridgehead atoms. The van der Waals surface area contributed by atoms with E-state index in [1.807, 2.05) is 19.1 Å². The first-order chi connectivity index (χ1) is 5.18. The first kappa shape index (κ1) is 7.60. The minimum absolute atomic E-state index is 0.533. The fraction of sp³-hybridized carbons (Fsp3) is 0.125. The van der Waals surface area contributed by atoms with Crippen molar-refractivity contribution in [1.29, 1.82) is 0 Å². The van der Waals surface area contributed by atoms with Gasteiger partial charge in [-0.3, -0.25) is 0 Å². The van der Waals surface area contributed by atoms with Gasteiger partial charge in [0.15, 0.2) is 0 Å². The smallest absolute Gasteiger partial charge is 0.316 e. The van der Waals surface area contributed by atoms with E-state index in [1.165, 1.54) is 0 Å². The molecule has 0 unspecified atom stereocenters. The second-order valence-corrected chi connectivity index (χ2v) is 2.36. The Balaban J connectivity index is 2.74. The van der Waals surface area contributed by atoms with Crippen LogP contribution in [0, 0.1) is 6.92 Å². The summed E-state index contributed by atoms with van der Waals surface area (Å²) in [7, 11) is 0. The highest BCUT2D eigenvalue weighted by Crippen LogP contribution is 2.07. The van der Waals surface area contributed by atoms with Crippen LogP contribution in [0.15, 0.2) is 24.3 Å². The summed E-state index contributed by atoms with van der Waals surface area (Å²) in [6.07, 6.45) is 0. The predicted molar refractivity (Wildman–Crippen MR) is 44.4 cm³/mol. The molecule has 1 aromatic rings. The Labute approximate surface area is 65.2 Å². The number of carbonyl (C=O) groups is 1. The Bertz CT molecular complexity index is 253. The molecule has 0 aliphatic carbocycles. The monoisotopic (exact) mass is 150 g/mol. The molecular formula is C8H10N2O. The van der Waals surface area contributed by atoms with E-state index in [-0.39, 0.29) is 0 Å². The lowest BCUT2D eigenvalue weighted by Gasteiger charge is -2.00. The summed E-state index contributed by atoms with van der Waals surface area (Å²) >= 11 is 0. The van der Waals surface area contributed by atoms with E-state index >= 15 is 0 Å². The molecule has 0 aromatic heterocycles. The van der Waals surface area contributed by atoms with Gasteiger partial charge < -0.3 is 11.1 Å². The van der Waals surface area contributed by atoms with Crippen molar-refractivity contribution < 1.29 is 4.79 Å². The third kappa shape index (κ3) is 2.29. The molecule has 11 heavy (non-hydrogen) atoms. The highest BCUT2D eigenvalue weighted by atomic mass is 16.2. The number of benzene rings is 1. The van der Waals surface area contributed by atoms with Crippen molar-refractivity contribution >= 4 is 11.7 Å². The highest BCUT2D eigenvalue weighted by Gasteiger charge is 1.92. The van der Waals surface area contributed by atoms with E-state index in [9.17, 15) is 4.79 Å². The lowest BCUT2D eigenvalue weighted by molar-refractivity contribution is 0.259. The number of carbonyl (C=O) groups excluding carboxylic acids is 1. The van der Waals surface area contributed by atoms with E-state index in [0.717, 1.165) is 11.3 Å². The van der Waals surface area contributed by atoms with E-state index in [2.05, 4.69) is 5.32 Å². The molecule has 3 N–H and O–H groups in total. The largest absolute Gasteiger partial charge is 0.351 e. The van der Waals surface area contributed by atoms with E-state index in [1.54, 1.807) is 12.1 Å². The number of primary amides is 1. The third-order valence-electron chi connectivity index (χ3n) is 1.32. The standard InChI is InChI=1S/C8H10N2O/c1-6-2-4-7(5-3-6)10-8(9)11/h2-5H,1H3,(H3,9,10,11). The van der Waals surface area contributed by atoms with Gasteiger partial charge in [-0.1, -0.05) is 17.7 Å². The number of nitrogens with one attached hydrogen (secondary N) is 1. The van der Waals surface area contributed by atoms with Gasteiger partial charge in [0.1, 0.15) is 0 Å². The number of urea groups is 1. The predicted octanol–water partition coefficient (Wildman–Crippen LogP) is 1.49. The van der Waals surface area contributed by atoms with Crippen LogP contribution in [0.25, 0.3) is 0 Å². The van der Waals surface area contributed by atoms with Gasteiger partial charge in [0.25, 0.3) is 0 Å². The van der Waals surface area contributed by atoms with Gasteiger partial charge in [0, 0.05) is 5.69 Å². The molecule has 0 saturated carbocycles. The summed E-state index contributed by atoms with van der Waals surface area (Å²) in [4.78, 5) is 10.4. The Morgan fingerprint density at radius 3 is 2.36 bits per heavy atom. The van der Waals surface area contributed by atoms with Crippen LogP contribution in [0.2, 0.25) is 0 Å². The van der Waals surface area contributed by atoms with Crippen molar-refractivity contribution in [2.75, 3.05) is 5.32 Å². The number of hydrogen-bond acceptors (Lipinski definition) is 1. The summed E-state index contributed by atoms with van der Waals surface area (Å²) in [6, 6.07) is 6.89. The maximum absolute atomic E-state index is 10.4. The van der Waals surface area contributed by atoms with Crippen LogP contribution >= 0.6 is 0 Å². The zero-order valence-corrected chi connectivity index (χ0v) is 6.29. The van der Waals surface area contributed by atoms with Gasteiger partial charge in [-0.25, -0.2) is 4.79 Å². The Morgan fingerprint density at radius 1 is 1.36 bits per heavy atom. The van der Waals surface area contributed by atoms with Crippen LogP contribution in [0.3, 0.4) is 0 Å². The van der Waals surface area contributed by atoms with Crippen molar-refractivity contribution in [2.45, 2.75) is 6.92 Å². The summed E-state index contributed by atoms with van der Waals surface area (Å²) in [6.45, 7) is 1.98. The normalized spacial score (nSPS) is 9.18. The molecule has 0 atom stereocenters. The topological polar surface area (TPSA) is 55.1 Å². The molecule has 0 radical (unpaired) electrons. The van der Waals surface area contributed by atoms with Crippen molar-refractivity contribution in [3.05, 3.63) is 29.8 Å². The number of anilines is 1. The molecular weight excluding hydrogens is 140 g/mol. The van der Waals surface area contributed by atoms with Crippen LogP contribution in [-0.4, -0.2) is 6.03 Å². The number of hydrogen-bond donors (Lipinski definition) is 2. The lowest BCUT2D eigenvalue weighted by Crippen LogP contribution is -2.19. The van der Waals surface area contributed by atoms with Crippen molar-refractivity contribution in [1.82, 2.24) is 0 Å². The summed E-state index contributed by atoms with van der Waals surface area (Å²) in [5.74, 6) is 0. The Hall–Kier alpha value is -1.51. The average molecular weight is 150 g/mol. The van der Waals surface area contributed by atoms with Gasteiger partial charge in [-0.15, -0.1) is 0 Å². The second kappa shape index (κ2) is 3.05. The first-order valence-corrected chi connectivity index (χ1v) is 3.31. The molecule has 0 fully saturated rings. The number of aryl methyl sites for hydroxylation is 1. The molecule has 3 heteroatoms. The van der Waals surface area contributed by atoms with E-state index in [0.29, 0.717) is 0 Å². The number of nitrogens with two attached hydrogens (primary N) is 1. The van der Waals surface area contributed by atoms with Gasteiger partial charge in [0.2, 0.25) is 0 Å². The minimum Gasteiger partial charge on any atom is -0.351 e. The quantitative estimate of drug-likeness (QED) is 0.626. The molecule has 2 amide bonds. The van der Waals surface area contributed by atoms with Crippen LogP contribution in [-0.2, 0) is 0 Å². The van der Waals surface area contributed by atoms with Gasteiger partial charge >= 0.3 is 6.03 Å². The SMILES string of the molecule is Cc1ccc(NC(N)=O)cc1. The van der Waals surface area contributed by atoms with E-state index < -0.39 is 6.03 Å². The molecule has 0 saturated heterocycles. The summed E-state index contributed by atoms with van der Waals surface area (Å²) < 4.78 is 0. The maximum atomic E-state index is 10.4. The van der Waals surface area contributed by atoms with Crippen molar-refractivity contribution in [2.24, 2.45) is 5.73 Å². The van der Waals surface area contributed by atoms with Crippen LogP contribution in [0.1, 0.15) is 5.56 Å². The Kier molecular flexibility index (Phi) is 2.11. The summed E-state index contributed by atoms with van der Waals surface area (Å²) in [5, 5.41) is 2.47. The number of rotatable bonds is 1. The minimum atomic E-state index is -0.533. The van der Waals surface area contributed by atoms with Gasteiger partial charge in [-0.2, -0.15) is 0 Å². The summed E-state index contributed by atoms with van der Waals surface area (Å²) in [5.41, 5.74) is 6.79. The fourth-order valence-corrected chi connectivity index (χ4v) is 0.779. The molecule has 0 heterocycles. The highest BCUT2D eigenvalue weighted by molar-refractivity contribution is 5.87. The molecule has 1 rings (SSSR count). The van der Waals surface area contributed by atoms with Crippen LogP contribution in [0.4, 0.5) is 10.5 Å². The third-order valence-corrected chi connectivity index (χ3v) is 1.32. The zero-order valence-electron chi connectivity index (χ0n) is 6.29. The van der Waals surface area contributed by atoms with Crippen LogP contribution in [0.5, 0.6) is 0 Å². The van der Waals surface area contributed by atoms with Crippen molar-refractivity contribution in [3.8, 4) is 0 Å². The average Bonchev–Trinajstić information content (AvgIpc) is 1.93. The van der Waals surface area contributed by atoms with E-state index in [4.69, 9.17) is 5.73 Å². The maximum Gasteiger partial charge on any atom is 0.316 e. The molecule has 0 aliphatic rings. The molecule has 0 aliphatic heterocycles. The molecule has 1 aromatic carbocycles. The molecule has 3 nitrogen and oxygen atoms in total. The lowest BCUT2D eigenvalue weighted by atomic mass is 10.2. The fourth-order valence-electron chi connectivity index (χ4n) is 0.779. The zero-order chi connectivity index (χ0) is 8.27. The van der Waals surface area contributed by atoms with Gasteiger partial charge in [-0.05, 0) is 19.1 Å². The van der Waals surface area contributed by atoms with Gasteiger partial charge in [0.05, 0.1) is 0 Å². The Morgan fingerprint density at radius 2 is 1.91 bits per heavy atom. The second-order valence-electron chi connectivity index (χ2n) is 2.36. The first-order valence-electron chi connectivity index (χ1n) is 3.31. The molecule has 58 valence electrons. The van der Waals surface area contributed by atoms with Crippen molar-refractivity contribution in [3.63, 3.8) is 0 Å². The van der Waals surface area contributed by atoms with Crippen LogP contribution < -0.4 is 11.1 Å². The number of amides is 2. The molecule has 0 spiro atoms.